The van der Waals surface area contributed by atoms with Crippen molar-refractivity contribution in [3.05, 3.63) is 29.6 Å². The lowest BCUT2D eigenvalue weighted by Crippen LogP contribution is -2.37. The van der Waals surface area contributed by atoms with Gasteiger partial charge in [0.05, 0.1) is 5.56 Å². The van der Waals surface area contributed by atoms with Gasteiger partial charge in [0.25, 0.3) is 5.91 Å². The Kier molecular flexibility index (Phi) is 5.48. The first-order valence-corrected chi connectivity index (χ1v) is 6.49. The Morgan fingerprint density at radius 2 is 1.95 bits per heavy atom. The fourth-order valence-electron chi connectivity index (χ4n) is 2.06. The average Bonchev–Trinajstić information content (AvgIpc) is 2.40. The summed E-state index contributed by atoms with van der Waals surface area (Å²) in [5.74, 6) is -0.878. The number of pyridine rings is 1. The number of hydrogen-bond acceptors (Lipinski definition) is 3. The summed E-state index contributed by atoms with van der Waals surface area (Å²) >= 11 is 0. The summed E-state index contributed by atoms with van der Waals surface area (Å²) in [4.78, 5) is 26.4. The van der Waals surface area contributed by atoms with E-state index in [4.69, 9.17) is 5.11 Å². The largest absolute Gasteiger partial charge is 0.477 e. The maximum Gasteiger partial charge on any atom is 0.354 e. The quantitative estimate of drug-likeness (QED) is 0.826. The van der Waals surface area contributed by atoms with E-state index >= 15 is 0 Å². The van der Waals surface area contributed by atoms with Gasteiger partial charge in [0.15, 0.2) is 0 Å². The molecule has 0 aliphatic carbocycles. The molecule has 1 atom stereocenters. The highest BCUT2D eigenvalue weighted by Crippen LogP contribution is 2.13. The molecule has 0 saturated carbocycles. The van der Waals surface area contributed by atoms with E-state index < -0.39 is 5.97 Å². The highest BCUT2D eigenvalue weighted by molar-refractivity contribution is 5.95. The van der Waals surface area contributed by atoms with Crippen molar-refractivity contribution in [3.8, 4) is 0 Å². The molecular weight excluding hydrogens is 244 g/mol. The normalized spacial score (nSPS) is 12.2. The lowest BCUT2D eigenvalue weighted by atomic mass is 9.95. The molecule has 1 heterocycles. The van der Waals surface area contributed by atoms with Crippen molar-refractivity contribution in [1.29, 1.82) is 0 Å². The summed E-state index contributed by atoms with van der Waals surface area (Å²) in [5, 5.41) is 11.7. The number of hydrogen-bond donors (Lipinski definition) is 2. The van der Waals surface area contributed by atoms with Crippen LogP contribution >= 0.6 is 0 Å². The van der Waals surface area contributed by atoms with Gasteiger partial charge in [-0.1, -0.05) is 26.7 Å². The van der Waals surface area contributed by atoms with Crippen molar-refractivity contribution in [2.24, 2.45) is 5.92 Å². The second kappa shape index (κ2) is 6.87. The van der Waals surface area contributed by atoms with Crippen LogP contribution in [0.4, 0.5) is 0 Å². The van der Waals surface area contributed by atoms with Gasteiger partial charge in [0, 0.05) is 12.2 Å². The van der Waals surface area contributed by atoms with Gasteiger partial charge in [-0.2, -0.15) is 0 Å². The lowest BCUT2D eigenvalue weighted by Gasteiger charge is -2.22. The zero-order valence-corrected chi connectivity index (χ0v) is 11.5. The number of aromatic carboxylic acids is 1. The third-order valence-electron chi connectivity index (χ3n) is 3.36. The number of carboxylic acid groups (broad SMARTS) is 1. The van der Waals surface area contributed by atoms with E-state index in [9.17, 15) is 9.59 Å². The molecule has 0 aliphatic heterocycles. The van der Waals surface area contributed by atoms with Gasteiger partial charge in [0.1, 0.15) is 5.69 Å². The number of carboxylic acids is 1. The number of carbonyl (C=O) groups excluding carboxylic acids is 1. The van der Waals surface area contributed by atoms with Gasteiger partial charge in [-0.25, -0.2) is 9.78 Å². The molecule has 5 heteroatoms. The van der Waals surface area contributed by atoms with Crippen LogP contribution in [0, 0.1) is 5.92 Å². The molecule has 0 fully saturated rings. The van der Waals surface area contributed by atoms with Crippen molar-refractivity contribution >= 4 is 11.9 Å². The molecule has 1 rings (SSSR count). The minimum atomic E-state index is -1.10. The maximum atomic E-state index is 12.0. The molecule has 0 spiro atoms. The van der Waals surface area contributed by atoms with Gasteiger partial charge < -0.3 is 10.4 Å². The van der Waals surface area contributed by atoms with Crippen LogP contribution in [-0.2, 0) is 0 Å². The van der Waals surface area contributed by atoms with Crippen LogP contribution in [0.5, 0.6) is 0 Å². The number of nitrogens with one attached hydrogen (secondary N) is 1. The summed E-state index contributed by atoms with van der Waals surface area (Å²) in [7, 11) is 0. The second-order valence-electron chi connectivity index (χ2n) is 4.58. The van der Waals surface area contributed by atoms with Gasteiger partial charge in [-0.3, -0.25) is 4.79 Å². The molecule has 0 bridgehead atoms. The molecule has 104 valence electrons. The Balaban J connectivity index is 2.70. The zero-order chi connectivity index (χ0) is 14.4. The topological polar surface area (TPSA) is 79.3 Å². The molecule has 0 aliphatic rings. The minimum absolute atomic E-state index is 0.0652. The second-order valence-corrected chi connectivity index (χ2v) is 4.58. The SMILES string of the molecule is CCC(CC)C(C)NC(=O)c1ccc(C(=O)O)nc1. The third-order valence-corrected chi connectivity index (χ3v) is 3.36. The molecule has 0 aromatic carbocycles. The van der Waals surface area contributed by atoms with Crippen LogP contribution in [0.2, 0.25) is 0 Å². The summed E-state index contributed by atoms with van der Waals surface area (Å²) in [6.45, 7) is 6.18. The average molecular weight is 264 g/mol. The molecule has 5 nitrogen and oxygen atoms in total. The Labute approximate surface area is 113 Å². The highest BCUT2D eigenvalue weighted by Gasteiger charge is 2.17. The van der Waals surface area contributed by atoms with E-state index in [0.29, 0.717) is 11.5 Å². The van der Waals surface area contributed by atoms with E-state index in [1.54, 1.807) is 0 Å². The standard InChI is InChI=1S/C14H20N2O3/c1-4-10(5-2)9(3)16-13(17)11-6-7-12(14(18)19)15-8-11/h6-10H,4-5H2,1-3H3,(H,16,17)(H,18,19). The van der Waals surface area contributed by atoms with Gasteiger partial charge in [-0.05, 0) is 25.0 Å². The highest BCUT2D eigenvalue weighted by atomic mass is 16.4. The van der Waals surface area contributed by atoms with Crippen molar-refractivity contribution in [2.45, 2.75) is 39.7 Å². The predicted octanol–water partition coefficient (Wildman–Crippen LogP) is 2.33. The molecule has 1 aromatic heterocycles. The number of nitrogens with zero attached hydrogens (tertiary/aromatic N) is 1. The fourth-order valence-corrected chi connectivity index (χ4v) is 2.06. The molecule has 2 N–H and O–H groups in total. The number of carbonyl (C=O) groups is 2. The fraction of sp³-hybridized carbons (Fsp3) is 0.500. The third kappa shape index (κ3) is 4.05. The maximum absolute atomic E-state index is 12.0. The van der Waals surface area contributed by atoms with Crippen LogP contribution in [0.25, 0.3) is 0 Å². The van der Waals surface area contributed by atoms with E-state index in [2.05, 4.69) is 24.1 Å². The van der Waals surface area contributed by atoms with Gasteiger partial charge in [0.2, 0.25) is 0 Å². The van der Waals surface area contributed by atoms with E-state index in [1.807, 2.05) is 6.92 Å². The smallest absolute Gasteiger partial charge is 0.354 e. The van der Waals surface area contributed by atoms with Crippen LogP contribution in [0.3, 0.4) is 0 Å². The molecule has 1 amide bonds. The summed E-state index contributed by atoms with van der Waals surface area (Å²) in [6, 6.07) is 2.89. The van der Waals surface area contributed by atoms with Gasteiger partial charge in [-0.15, -0.1) is 0 Å². The van der Waals surface area contributed by atoms with Crippen molar-refractivity contribution in [3.63, 3.8) is 0 Å². The van der Waals surface area contributed by atoms with Crippen molar-refractivity contribution < 1.29 is 14.7 Å². The monoisotopic (exact) mass is 264 g/mol. The molecule has 1 aromatic rings. The molecule has 19 heavy (non-hydrogen) atoms. The summed E-state index contributed by atoms with van der Waals surface area (Å²) < 4.78 is 0. The minimum Gasteiger partial charge on any atom is -0.477 e. The summed E-state index contributed by atoms with van der Waals surface area (Å²) in [6.07, 6.45) is 3.31. The Morgan fingerprint density at radius 3 is 2.37 bits per heavy atom. The van der Waals surface area contributed by atoms with Gasteiger partial charge >= 0.3 is 5.97 Å². The van der Waals surface area contributed by atoms with Crippen LogP contribution in [0.1, 0.15) is 54.5 Å². The first-order chi connectivity index (χ1) is 8.99. The lowest BCUT2D eigenvalue weighted by molar-refractivity contribution is 0.0689. The first-order valence-electron chi connectivity index (χ1n) is 6.49. The Bertz CT molecular complexity index is 439. The van der Waals surface area contributed by atoms with E-state index in [-0.39, 0.29) is 17.6 Å². The Morgan fingerprint density at radius 1 is 1.32 bits per heavy atom. The van der Waals surface area contributed by atoms with Crippen LogP contribution < -0.4 is 5.32 Å². The molecule has 0 radical (unpaired) electrons. The molecular formula is C14H20N2O3. The van der Waals surface area contributed by atoms with Crippen LogP contribution in [-0.4, -0.2) is 28.0 Å². The zero-order valence-electron chi connectivity index (χ0n) is 11.5. The molecule has 0 saturated heterocycles. The predicted molar refractivity (Wildman–Crippen MR) is 72.2 cm³/mol. The Hall–Kier alpha value is -1.91. The summed E-state index contributed by atoms with van der Waals surface area (Å²) in [5.41, 5.74) is 0.312. The number of aromatic nitrogens is 1. The van der Waals surface area contributed by atoms with E-state index in [0.717, 1.165) is 12.8 Å². The van der Waals surface area contributed by atoms with Crippen molar-refractivity contribution in [2.75, 3.05) is 0 Å². The van der Waals surface area contributed by atoms with Crippen LogP contribution in [0.15, 0.2) is 18.3 Å². The van der Waals surface area contributed by atoms with Crippen molar-refractivity contribution in [1.82, 2.24) is 10.3 Å². The first kappa shape index (κ1) is 15.1. The number of rotatable bonds is 6. The number of amides is 1. The van der Waals surface area contributed by atoms with E-state index in [1.165, 1.54) is 18.3 Å². The molecule has 1 unspecified atom stereocenters.